The molecule has 0 amide bonds. The van der Waals surface area contributed by atoms with Crippen LogP contribution in [-0.4, -0.2) is 61.4 Å². The van der Waals surface area contributed by atoms with Crippen molar-refractivity contribution in [1.82, 2.24) is 29.0 Å². The zero-order valence-corrected chi connectivity index (χ0v) is 16.9. The van der Waals surface area contributed by atoms with Crippen LogP contribution in [0.25, 0.3) is 22.4 Å². The Bertz CT molecular complexity index is 1130. The summed E-state index contributed by atoms with van der Waals surface area (Å²) < 4.78 is 14.7. The van der Waals surface area contributed by atoms with Crippen molar-refractivity contribution in [3.63, 3.8) is 0 Å². The molecule has 1 fully saturated rings. The summed E-state index contributed by atoms with van der Waals surface area (Å²) in [4.78, 5) is 13.2. The number of ether oxygens (including phenoxy) is 2. The van der Waals surface area contributed by atoms with Gasteiger partial charge in [0, 0.05) is 55.3 Å². The van der Waals surface area contributed by atoms with Crippen molar-refractivity contribution < 1.29 is 9.47 Å². The van der Waals surface area contributed by atoms with Crippen LogP contribution in [0, 0.1) is 0 Å². The molecular formula is C21H25N7O2. The van der Waals surface area contributed by atoms with E-state index in [0.29, 0.717) is 37.1 Å². The number of hydrogen-bond donors (Lipinski definition) is 1. The van der Waals surface area contributed by atoms with Gasteiger partial charge in [-0.3, -0.25) is 4.40 Å². The van der Waals surface area contributed by atoms with Gasteiger partial charge in [-0.1, -0.05) is 0 Å². The van der Waals surface area contributed by atoms with Crippen LogP contribution in [0.2, 0.25) is 0 Å². The standard InChI is InChI=1S/C21H25N7O2/c1-29-10-11-30-17-4-2-16(3-5-17)25-20-23-13-19-18(6-8-28(19)26-20)15-12-24-21-22-7-9-27(21)14-15/h6-9,12-14,16-17H,2-5,10-11H2,1H3,(H,25,26)/t16-,17-. The number of hydrogen-bond acceptors (Lipinski definition) is 7. The summed E-state index contributed by atoms with van der Waals surface area (Å²) in [6.07, 6.45) is 15.8. The number of rotatable bonds is 7. The maximum absolute atomic E-state index is 5.85. The molecule has 0 aliphatic heterocycles. The molecule has 1 aliphatic rings. The van der Waals surface area contributed by atoms with E-state index in [4.69, 9.17) is 9.47 Å². The van der Waals surface area contributed by atoms with Crippen molar-refractivity contribution in [1.29, 1.82) is 0 Å². The molecular weight excluding hydrogens is 382 g/mol. The fourth-order valence-corrected chi connectivity index (χ4v) is 4.02. The van der Waals surface area contributed by atoms with Gasteiger partial charge in [0.05, 0.1) is 31.0 Å². The highest BCUT2D eigenvalue weighted by Crippen LogP contribution is 2.26. The molecule has 0 bridgehead atoms. The first kappa shape index (κ1) is 19.0. The number of methoxy groups -OCH3 is 1. The van der Waals surface area contributed by atoms with E-state index in [1.807, 2.05) is 46.0 Å². The number of nitrogens with one attached hydrogen (secondary N) is 1. The molecule has 30 heavy (non-hydrogen) atoms. The average Bonchev–Trinajstić information content (AvgIpc) is 3.41. The van der Waals surface area contributed by atoms with Gasteiger partial charge in [0.25, 0.3) is 0 Å². The van der Waals surface area contributed by atoms with Crippen molar-refractivity contribution in [3.05, 3.63) is 43.2 Å². The van der Waals surface area contributed by atoms with Gasteiger partial charge >= 0.3 is 0 Å². The van der Waals surface area contributed by atoms with Crippen molar-refractivity contribution >= 4 is 17.2 Å². The van der Waals surface area contributed by atoms with E-state index in [-0.39, 0.29) is 0 Å². The zero-order valence-electron chi connectivity index (χ0n) is 16.9. The Kier molecular flexibility index (Phi) is 5.29. The van der Waals surface area contributed by atoms with Gasteiger partial charge < -0.3 is 14.8 Å². The fraction of sp³-hybridized carbons (Fsp3) is 0.429. The quantitative estimate of drug-likeness (QED) is 0.471. The first-order valence-corrected chi connectivity index (χ1v) is 10.3. The molecule has 0 aromatic carbocycles. The zero-order chi connectivity index (χ0) is 20.3. The van der Waals surface area contributed by atoms with Gasteiger partial charge in [0.1, 0.15) is 0 Å². The molecule has 0 saturated heterocycles. The Morgan fingerprint density at radius 2 is 1.97 bits per heavy atom. The van der Waals surface area contributed by atoms with E-state index < -0.39 is 0 Å². The number of imidazole rings is 1. The van der Waals surface area contributed by atoms with Crippen LogP contribution in [0.15, 0.2) is 43.2 Å². The van der Waals surface area contributed by atoms with Crippen LogP contribution in [0.3, 0.4) is 0 Å². The summed E-state index contributed by atoms with van der Waals surface area (Å²) in [5, 5.41) is 8.14. The third kappa shape index (κ3) is 3.86. The van der Waals surface area contributed by atoms with Gasteiger partial charge in [-0.25, -0.2) is 19.5 Å². The Hall–Kier alpha value is -3.04. The largest absolute Gasteiger partial charge is 0.382 e. The highest BCUT2D eigenvalue weighted by molar-refractivity contribution is 5.79. The van der Waals surface area contributed by atoms with E-state index in [0.717, 1.165) is 42.3 Å². The number of nitrogens with zero attached hydrogens (tertiary/aromatic N) is 6. The SMILES string of the molecule is COCCO[C@H]1CC[C@H](Nc2ncc3c(-c4cnc5nccn5c4)ccn3n2)CC1. The smallest absolute Gasteiger partial charge is 0.241 e. The third-order valence-corrected chi connectivity index (χ3v) is 5.62. The van der Waals surface area contributed by atoms with Crippen LogP contribution in [0.1, 0.15) is 25.7 Å². The minimum Gasteiger partial charge on any atom is -0.382 e. The molecule has 0 spiro atoms. The topological polar surface area (TPSA) is 90.9 Å². The predicted molar refractivity (Wildman–Crippen MR) is 112 cm³/mol. The molecule has 1 N–H and O–H groups in total. The number of aromatic nitrogens is 6. The highest BCUT2D eigenvalue weighted by atomic mass is 16.5. The monoisotopic (exact) mass is 407 g/mol. The van der Waals surface area contributed by atoms with Crippen molar-refractivity contribution in [2.24, 2.45) is 0 Å². The third-order valence-electron chi connectivity index (χ3n) is 5.62. The van der Waals surface area contributed by atoms with E-state index >= 15 is 0 Å². The first-order valence-electron chi connectivity index (χ1n) is 10.3. The number of anilines is 1. The molecule has 0 unspecified atom stereocenters. The fourth-order valence-electron chi connectivity index (χ4n) is 4.02. The summed E-state index contributed by atoms with van der Waals surface area (Å²) >= 11 is 0. The Morgan fingerprint density at radius 1 is 1.07 bits per heavy atom. The van der Waals surface area contributed by atoms with Crippen LogP contribution >= 0.6 is 0 Å². The Labute approximate surface area is 174 Å². The molecule has 4 heterocycles. The van der Waals surface area contributed by atoms with Crippen LogP contribution in [-0.2, 0) is 9.47 Å². The summed E-state index contributed by atoms with van der Waals surface area (Å²) in [6, 6.07) is 2.41. The van der Waals surface area contributed by atoms with Gasteiger partial charge in [0.15, 0.2) is 0 Å². The summed E-state index contributed by atoms with van der Waals surface area (Å²) in [6.45, 7) is 1.31. The van der Waals surface area contributed by atoms with Crippen LogP contribution in [0.5, 0.6) is 0 Å². The van der Waals surface area contributed by atoms with Crippen LogP contribution < -0.4 is 5.32 Å². The lowest BCUT2D eigenvalue weighted by atomic mass is 9.93. The second kappa shape index (κ2) is 8.37. The summed E-state index contributed by atoms with van der Waals surface area (Å²) in [5.74, 6) is 1.33. The van der Waals surface area contributed by atoms with Crippen molar-refractivity contribution in [3.8, 4) is 11.1 Å². The first-order chi connectivity index (χ1) is 14.8. The van der Waals surface area contributed by atoms with E-state index in [2.05, 4.69) is 25.4 Å². The lowest BCUT2D eigenvalue weighted by Gasteiger charge is -2.29. The van der Waals surface area contributed by atoms with Crippen molar-refractivity contribution in [2.75, 3.05) is 25.6 Å². The van der Waals surface area contributed by atoms with Gasteiger partial charge in [-0.05, 0) is 31.7 Å². The second-order valence-electron chi connectivity index (χ2n) is 7.60. The lowest BCUT2D eigenvalue weighted by Crippen LogP contribution is -2.31. The number of fused-ring (bicyclic) bond motifs is 2. The van der Waals surface area contributed by atoms with Crippen LogP contribution in [0.4, 0.5) is 5.95 Å². The molecule has 0 atom stereocenters. The van der Waals surface area contributed by atoms with Crippen molar-refractivity contribution in [2.45, 2.75) is 37.8 Å². The molecule has 9 heteroatoms. The molecule has 9 nitrogen and oxygen atoms in total. The maximum Gasteiger partial charge on any atom is 0.241 e. The normalized spacial score (nSPS) is 19.5. The summed E-state index contributed by atoms with van der Waals surface area (Å²) in [7, 11) is 1.70. The highest BCUT2D eigenvalue weighted by Gasteiger charge is 2.22. The molecule has 5 rings (SSSR count). The van der Waals surface area contributed by atoms with E-state index in [1.165, 1.54) is 0 Å². The predicted octanol–water partition coefficient (Wildman–Crippen LogP) is 2.83. The molecule has 1 aliphatic carbocycles. The molecule has 156 valence electrons. The molecule has 0 radical (unpaired) electrons. The van der Waals surface area contributed by atoms with Gasteiger partial charge in [-0.2, -0.15) is 0 Å². The minimum absolute atomic E-state index is 0.329. The average molecular weight is 407 g/mol. The Balaban J connectivity index is 1.26. The molecule has 1 saturated carbocycles. The molecule has 4 aromatic rings. The van der Waals surface area contributed by atoms with Gasteiger partial charge in [0.2, 0.25) is 11.7 Å². The minimum atomic E-state index is 0.329. The van der Waals surface area contributed by atoms with E-state index in [1.54, 1.807) is 13.3 Å². The Morgan fingerprint density at radius 3 is 2.83 bits per heavy atom. The maximum atomic E-state index is 5.85. The van der Waals surface area contributed by atoms with E-state index in [9.17, 15) is 0 Å². The second-order valence-corrected chi connectivity index (χ2v) is 7.60. The lowest BCUT2D eigenvalue weighted by molar-refractivity contribution is -0.00158. The molecule has 4 aromatic heterocycles. The van der Waals surface area contributed by atoms with Gasteiger partial charge in [-0.15, -0.1) is 5.10 Å². The summed E-state index contributed by atoms with van der Waals surface area (Å²) in [5.41, 5.74) is 2.98.